The van der Waals surface area contributed by atoms with Crippen LogP contribution < -0.4 is 10.5 Å². The van der Waals surface area contributed by atoms with E-state index in [1.165, 1.54) is 12.4 Å². The molecule has 17 heavy (non-hydrogen) atoms. The number of ether oxygens (including phenoxy) is 1. The Hall–Kier alpha value is -1.95. The lowest BCUT2D eigenvalue weighted by molar-refractivity contribution is 0.0728. The van der Waals surface area contributed by atoms with Gasteiger partial charge in [-0.2, -0.15) is 0 Å². The van der Waals surface area contributed by atoms with E-state index in [2.05, 4.69) is 25.9 Å². The van der Waals surface area contributed by atoms with Crippen molar-refractivity contribution < 1.29 is 9.53 Å². The number of carbonyl (C=O) groups is 1. The quantitative estimate of drug-likeness (QED) is 0.677. The Morgan fingerprint density at radius 1 is 1.18 bits per heavy atom. The van der Waals surface area contributed by atoms with E-state index in [1.807, 2.05) is 0 Å². The fourth-order valence-corrected chi connectivity index (χ4v) is 1.37. The molecule has 0 spiro atoms. The summed E-state index contributed by atoms with van der Waals surface area (Å²) in [5.41, 5.74) is 5.48. The lowest BCUT2D eigenvalue weighted by Crippen LogP contribution is -2.11. The summed E-state index contributed by atoms with van der Waals surface area (Å²) in [4.78, 5) is 19.2. The predicted octanol–water partition coefficient (Wildman–Crippen LogP) is 2.04. The number of nitrogens with two attached hydrogens (primary N) is 1. The first-order chi connectivity index (χ1) is 8.15. The van der Waals surface area contributed by atoms with Crippen molar-refractivity contribution in [3.63, 3.8) is 0 Å². The fraction of sp³-hybridized carbons (Fsp3) is 0. The van der Waals surface area contributed by atoms with Gasteiger partial charge in [0.2, 0.25) is 0 Å². The Morgan fingerprint density at radius 3 is 2.47 bits per heavy atom. The van der Waals surface area contributed by atoms with E-state index in [4.69, 9.17) is 10.5 Å². The molecule has 0 aliphatic carbocycles. The summed E-state index contributed by atoms with van der Waals surface area (Å²) >= 11 is 3.29. The van der Waals surface area contributed by atoms with Crippen molar-refractivity contribution in [2.45, 2.75) is 0 Å². The lowest BCUT2D eigenvalue weighted by atomic mass is 10.3. The van der Waals surface area contributed by atoms with Crippen LogP contribution in [0.3, 0.4) is 0 Å². The molecule has 0 radical (unpaired) electrons. The Morgan fingerprint density at radius 2 is 1.88 bits per heavy atom. The number of rotatable bonds is 2. The number of benzene rings is 1. The minimum Gasteiger partial charge on any atom is -0.422 e. The minimum atomic E-state index is -0.570. The highest BCUT2D eigenvalue weighted by Crippen LogP contribution is 2.16. The summed E-state index contributed by atoms with van der Waals surface area (Å²) in [6.07, 6.45) is 2.58. The molecule has 0 aliphatic heterocycles. The van der Waals surface area contributed by atoms with Crippen molar-refractivity contribution in [2.24, 2.45) is 0 Å². The topological polar surface area (TPSA) is 78.1 Å². The van der Waals surface area contributed by atoms with E-state index in [9.17, 15) is 4.79 Å². The second-order valence-corrected chi connectivity index (χ2v) is 4.09. The molecule has 2 aromatic rings. The molecular weight excluding hydrogens is 286 g/mol. The van der Waals surface area contributed by atoms with Gasteiger partial charge in [0.25, 0.3) is 0 Å². The van der Waals surface area contributed by atoms with Crippen molar-refractivity contribution in [1.82, 2.24) is 9.97 Å². The van der Waals surface area contributed by atoms with Crippen LogP contribution in [0.1, 0.15) is 10.5 Å². The number of hydrogen-bond donors (Lipinski definition) is 1. The smallest absolute Gasteiger partial charge is 0.363 e. The zero-order valence-corrected chi connectivity index (χ0v) is 10.2. The highest BCUT2D eigenvalue weighted by molar-refractivity contribution is 9.10. The second kappa shape index (κ2) is 4.92. The van der Waals surface area contributed by atoms with Gasteiger partial charge in [-0.15, -0.1) is 0 Å². The third-order valence-corrected chi connectivity index (χ3v) is 2.43. The SMILES string of the molecule is Nc1cnc(C(=O)Oc2ccc(Br)cc2)cn1. The highest BCUT2D eigenvalue weighted by Gasteiger charge is 2.10. The molecule has 1 heterocycles. The van der Waals surface area contributed by atoms with Gasteiger partial charge >= 0.3 is 5.97 Å². The van der Waals surface area contributed by atoms with Crippen molar-refractivity contribution >= 4 is 27.7 Å². The Labute approximate surface area is 106 Å². The zero-order chi connectivity index (χ0) is 12.3. The van der Waals surface area contributed by atoms with Gasteiger partial charge in [-0.05, 0) is 24.3 Å². The van der Waals surface area contributed by atoms with Crippen LogP contribution in [0.2, 0.25) is 0 Å². The number of halogens is 1. The molecule has 0 amide bonds. The standard InChI is InChI=1S/C11H8BrN3O2/c12-7-1-3-8(4-2-7)17-11(16)9-5-15-10(13)6-14-9/h1-6H,(H2,13,15). The summed E-state index contributed by atoms with van der Waals surface area (Å²) < 4.78 is 6.00. The third-order valence-electron chi connectivity index (χ3n) is 1.91. The van der Waals surface area contributed by atoms with E-state index < -0.39 is 5.97 Å². The molecule has 0 saturated heterocycles. The summed E-state index contributed by atoms with van der Waals surface area (Å²) in [5.74, 6) is 0.127. The average Bonchev–Trinajstić information content (AvgIpc) is 2.33. The molecule has 1 aromatic carbocycles. The number of aromatic nitrogens is 2. The van der Waals surface area contributed by atoms with Crippen LogP contribution >= 0.6 is 15.9 Å². The van der Waals surface area contributed by atoms with Crippen molar-refractivity contribution in [1.29, 1.82) is 0 Å². The van der Waals surface area contributed by atoms with Gasteiger partial charge in [0.05, 0.1) is 12.4 Å². The van der Waals surface area contributed by atoms with Crippen LogP contribution in [0.5, 0.6) is 5.75 Å². The molecule has 86 valence electrons. The summed E-state index contributed by atoms with van der Waals surface area (Å²) in [7, 11) is 0. The second-order valence-electron chi connectivity index (χ2n) is 3.17. The number of nitrogens with zero attached hydrogens (tertiary/aromatic N) is 2. The maximum absolute atomic E-state index is 11.6. The molecule has 0 fully saturated rings. The Balaban J connectivity index is 2.11. The monoisotopic (exact) mass is 293 g/mol. The van der Waals surface area contributed by atoms with Gasteiger partial charge < -0.3 is 10.5 Å². The number of anilines is 1. The first-order valence-corrected chi connectivity index (χ1v) is 5.50. The Kier molecular flexibility index (Phi) is 3.34. The Bertz CT molecular complexity index is 525. The number of hydrogen-bond acceptors (Lipinski definition) is 5. The van der Waals surface area contributed by atoms with Gasteiger partial charge in [-0.25, -0.2) is 14.8 Å². The lowest BCUT2D eigenvalue weighted by Gasteiger charge is -2.03. The molecule has 0 saturated carbocycles. The van der Waals surface area contributed by atoms with Crippen molar-refractivity contribution in [3.8, 4) is 5.75 Å². The maximum Gasteiger partial charge on any atom is 0.363 e. The van der Waals surface area contributed by atoms with Crippen molar-refractivity contribution in [3.05, 3.63) is 46.8 Å². The van der Waals surface area contributed by atoms with Crippen LogP contribution in [-0.2, 0) is 0 Å². The van der Waals surface area contributed by atoms with Gasteiger partial charge in [-0.3, -0.25) is 0 Å². The minimum absolute atomic E-state index is 0.113. The van der Waals surface area contributed by atoms with E-state index in [1.54, 1.807) is 24.3 Å². The van der Waals surface area contributed by atoms with Crippen molar-refractivity contribution in [2.75, 3.05) is 5.73 Å². The third kappa shape index (κ3) is 3.01. The average molecular weight is 294 g/mol. The normalized spacial score (nSPS) is 9.94. The van der Waals surface area contributed by atoms with Crippen LogP contribution in [0, 0.1) is 0 Å². The van der Waals surface area contributed by atoms with Gasteiger partial charge in [0.15, 0.2) is 5.69 Å². The van der Waals surface area contributed by atoms with E-state index in [0.717, 1.165) is 4.47 Å². The van der Waals surface area contributed by atoms with Crippen LogP contribution in [-0.4, -0.2) is 15.9 Å². The van der Waals surface area contributed by atoms with Crippen LogP contribution in [0.4, 0.5) is 5.82 Å². The molecule has 2 rings (SSSR count). The van der Waals surface area contributed by atoms with Gasteiger partial charge in [0, 0.05) is 4.47 Å². The summed E-state index contributed by atoms with van der Waals surface area (Å²) in [6.45, 7) is 0. The van der Waals surface area contributed by atoms with Crippen LogP contribution in [0.25, 0.3) is 0 Å². The zero-order valence-electron chi connectivity index (χ0n) is 8.63. The number of nitrogen functional groups attached to an aromatic ring is 1. The molecule has 0 aliphatic rings. The highest BCUT2D eigenvalue weighted by atomic mass is 79.9. The van der Waals surface area contributed by atoms with Gasteiger partial charge in [-0.1, -0.05) is 15.9 Å². The van der Waals surface area contributed by atoms with E-state index >= 15 is 0 Å². The molecule has 0 unspecified atom stereocenters. The first-order valence-electron chi connectivity index (χ1n) is 4.70. The first kappa shape index (κ1) is 11.5. The van der Waals surface area contributed by atoms with Gasteiger partial charge in [0.1, 0.15) is 11.6 Å². The molecule has 0 atom stereocenters. The molecule has 5 nitrogen and oxygen atoms in total. The molecule has 2 N–H and O–H groups in total. The summed E-state index contributed by atoms with van der Waals surface area (Å²) in [5, 5.41) is 0. The molecule has 0 bridgehead atoms. The maximum atomic E-state index is 11.6. The van der Waals surface area contributed by atoms with E-state index in [0.29, 0.717) is 5.75 Å². The predicted molar refractivity (Wildman–Crippen MR) is 65.5 cm³/mol. The number of esters is 1. The number of carbonyl (C=O) groups excluding carboxylic acids is 1. The fourth-order valence-electron chi connectivity index (χ4n) is 1.11. The summed E-state index contributed by atoms with van der Waals surface area (Å²) in [6, 6.07) is 6.90. The molecule has 6 heteroatoms. The van der Waals surface area contributed by atoms with Crippen LogP contribution in [0.15, 0.2) is 41.1 Å². The molecule has 1 aromatic heterocycles. The molecular formula is C11H8BrN3O2. The van der Waals surface area contributed by atoms with E-state index in [-0.39, 0.29) is 11.5 Å². The largest absolute Gasteiger partial charge is 0.422 e.